The zero-order valence-electron chi connectivity index (χ0n) is 17.6. The molecule has 0 bridgehead atoms. The lowest BCUT2D eigenvalue weighted by Crippen LogP contribution is -2.12. The van der Waals surface area contributed by atoms with Crippen LogP contribution in [0.3, 0.4) is 0 Å². The maximum absolute atomic E-state index is 9.72. The van der Waals surface area contributed by atoms with Gasteiger partial charge in [0.1, 0.15) is 5.82 Å². The highest BCUT2D eigenvalue weighted by Gasteiger charge is 2.20. The molecule has 0 fully saturated rings. The highest BCUT2D eigenvalue weighted by molar-refractivity contribution is 5.75. The van der Waals surface area contributed by atoms with E-state index < -0.39 is 0 Å². The van der Waals surface area contributed by atoms with Gasteiger partial charge < -0.3 is 10.4 Å². The van der Waals surface area contributed by atoms with E-state index in [1.54, 1.807) is 0 Å². The molecule has 2 N–H and O–H groups in total. The molecule has 0 aromatic carbocycles. The molecule has 0 saturated heterocycles. The molecule has 0 aliphatic heterocycles. The summed E-state index contributed by atoms with van der Waals surface area (Å²) in [4.78, 5) is 14.5. The smallest absolute Gasteiger partial charge is 0.135 e. The summed E-state index contributed by atoms with van der Waals surface area (Å²) in [6.07, 6.45) is 2.90. The molecule has 0 saturated carbocycles. The third-order valence-electron chi connectivity index (χ3n) is 4.98. The van der Waals surface area contributed by atoms with Gasteiger partial charge in [-0.15, -0.1) is 0 Å². The van der Waals surface area contributed by atoms with Crippen molar-refractivity contribution in [2.45, 2.75) is 53.9 Å². The first kappa shape index (κ1) is 21.0. The number of aliphatic hydroxyl groups excluding tert-OH is 1. The summed E-state index contributed by atoms with van der Waals surface area (Å²) in [6.45, 7) is 12.4. The predicted molar refractivity (Wildman–Crippen MR) is 113 cm³/mol. The van der Waals surface area contributed by atoms with Crippen molar-refractivity contribution in [1.29, 1.82) is 0 Å². The third kappa shape index (κ3) is 4.35. The van der Waals surface area contributed by atoms with Crippen LogP contribution in [0.5, 0.6) is 0 Å². The summed E-state index contributed by atoms with van der Waals surface area (Å²) >= 11 is 0. The fourth-order valence-electron chi connectivity index (χ4n) is 3.32. The molecular weight excluding hydrogens is 336 g/mol. The Bertz CT molecular complexity index is 823. The standard InChI is InChI=1S/C22H32N4O/c1-8-16(12-27)17(9-2)20-14(5)25-21(15(6)24-20)18-10-11-19(13(3)4)26-22(18)23-7/h9-11,13,16,27H,8,12H2,1-7H3,(H,23,26)/b17-9-/t16-/m1/s1. The Kier molecular flexibility index (Phi) is 7.08. The Labute approximate surface area is 163 Å². The maximum Gasteiger partial charge on any atom is 0.135 e. The Balaban J connectivity index is 2.58. The number of hydrogen-bond acceptors (Lipinski definition) is 5. The minimum absolute atomic E-state index is 0.0770. The van der Waals surface area contributed by atoms with E-state index in [1.165, 1.54) is 0 Å². The molecule has 146 valence electrons. The number of nitrogens with zero attached hydrogens (tertiary/aromatic N) is 3. The summed E-state index contributed by atoms with van der Waals surface area (Å²) in [7, 11) is 1.88. The van der Waals surface area contributed by atoms with Gasteiger partial charge in [-0.1, -0.05) is 26.8 Å². The van der Waals surface area contributed by atoms with Gasteiger partial charge in [-0.25, -0.2) is 15.0 Å². The number of anilines is 1. The molecule has 2 aromatic rings. The molecule has 0 aliphatic carbocycles. The fraction of sp³-hybridized carbons (Fsp3) is 0.500. The van der Waals surface area contributed by atoms with Crippen molar-refractivity contribution >= 4 is 11.4 Å². The topological polar surface area (TPSA) is 70.9 Å². The van der Waals surface area contributed by atoms with Gasteiger partial charge >= 0.3 is 0 Å². The SMILES string of the molecule is C/C=C(\c1nc(C)c(-c2ccc(C(C)C)nc2NC)nc1C)[C@H](CC)CO. The number of rotatable bonds is 7. The van der Waals surface area contributed by atoms with Crippen molar-refractivity contribution in [3.05, 3.63) is 41.0 Å². The molecule has 0 radical (unpaired) electrons. The number of aryl methyl sites for hydroxylation is 2. The first-order valence-corrected chi connectivity index (χ1v) is 9.69. The molecule has 0 amide bonds. The number of pyridine rings is 1. The van der Waals surface area contributed by atoms with Crippen LogP contribution in [-0.4, -0.2) is 33.7 Å². The van der Waals surface area contributed by atoms with Gasteiger partial charge in [0.2, 0.25) is 0 Å². The molecule has 2 rings (SSSR count). The normalized spacial score (nSPS) is 13.1. The summed E-state index contributed by atoms with van der Waals surface area (Å²) < 4.78 is 0. The van der Waals surface area contributed by atoms with Crippen LogP contribution in [0.4, 0.5) is 5.82 Å². The van der Waals surface area contributed by atoms with Crippen LogP contribution < -0.4 is 5.32 Å². The van der Waals surface area contributed by atoms with E-state index >= 15 is 0 Å². The predicted octanol–water partition coefficient (Wildman–Crippen LogP) is 4.74. The van der Waals surface area contributed by atoms with E-state index in [0.29, 0.717) is 5.92 Å². The fourth-order valence-corrected chi connectivity index (χ4v) is 3.32. The summed E-state index contributed by atoms with van der Waals surface area (Å²) in [6, 6.07) is 4.13. The monoisotopic (exact) mass is 368 g/mol. The minimum Gasteiger partial charge on any atom is -0.396 e. The second kappa shape index (κ2) is 9.09. The largest absolute Gasteiger partial charge is 0.396 e. The number of nitrogens with one attached hydrogen (secondary N) is 1. The lowest BCUT2D eigenvalue weighted by Gasteiger charge is -2.19. The van der Waals surface area contributed by atoms with Crippen molar-refractivity contribution in [3.8, 4) is 11.3 Å². The van der Waals surface area contributed by atoms with Gasteiger partial charge in [-0.3, -0.25) is 0 Å². The molecule has 5 nitrogen and oxygen atoms in total. The number of hydrogen-bond donors (Lipinski definition) is 2. The maximum atomic E-state index is 9.72. The van der Waals surface area contributed by atoms with E-state index in [1.807, 2.05) is 33.9 Å². The van der Waals surface area contributed by atoms with E-state index in [2.05, 4.69) is 38.2 Å². The molecule has 1 atom stereocenters. The molecule has 27 heavy (non-hydrogen) atoms. The zero-order valence-corrected chi connectivity index (χ0v) is 17.6. The van der Waals surface area contributed by atoms with E-state index in [4.69, 9.17) is 15.0 Å². The van der Waals surface area contributed by atoms with Gasteiger partial charge in [0.25, 0.3) is 0 Å². The van der Waals surface area contributed by atoms with Crippen molar-refractivity contribution in [3.63, 3.8) is 0 Å². The Morgan fingerprint density at radius 2 is 1.85 bits per heavy atom. The Hall–Kier alpha value is -2.27. The number of aromatic nitrogens is 3. The van der Waals surface area contributed by atoms with Gasteiger partial charge in [-0.05, 0) is 50.8 Å². The van der Waals surface area contributed by atoms with Crippen LogP contribution >= 0.6 is 0 Å². The van der Waals surface area contributed by atoms with Crippen LogP contribution in [0.15, 0.2) is 18.2 Å². The first-order chi connectivity index (χ1) is 12.9. The molecule has 2 aromatic heterocycles. The van der Waals surface area contributed by atoms with Crippen molar-refractivity contribution in [1.82, 2.24) is 15.0 Å². The highest BCUT2D eigenvalue weighted by atomic mass is 16.3. The van der Waals surface area contributed by atoms with Crippen molar-refractivity contribution in [2.75, 3.05) is 19.0 Å². The second-order valence-electron chi connectivity index (χ2n) is 7.16. The van der Waals surface area contributed by atoms with E-state index in [0.717, 1.165) is 51.8 Å². The van der Waals surface area contributed by atoms with Crippen LogP contribution in [-0.2, 0) is 0 Å². The molecular formula is C22H32N4O. The van der Waals surface area contributed by atoms with Crippen molar-refractivity contribution in [2.24, 2.45) is 5.92 Å². The second-order valence-corrected chi connectivity index (χ2v) is 7.16. The summed E-state index contributed by atoms with van der Waals surface area (Å²) in [5.74, 6) is 1.26. The molecule has 0 aliphatic rings. The van der Waals surface area contributed by atoms with E-state index in [-0.39, 0.29) is 12.5 Å². The van der Waals surface area contributed by atoms with Crippen LogP contribution in [0, 0.1) is 19.8 Å². The van der Waals surface area contributed by atoms with Crippen LogP contribution in [0.1, 0.15) is 62.8 Å². The number of allylic oxidation sites excluding steroid dienone is 1. The van der Waals surface area contributed by atoms with Gasteiger partial charge in [0, 0.05) is 30.8 Å². The third-order valence-corrected chi connectivity index (χ3v) is 4.98. The average molecular weight is 369 g/mol. The Morgan fingerprint density at radius 1 is 1.15 bits per heavy atom. The van der Waals surface area contributed by atoms with Crippen LogP contribution in [0.25, 0.3) is 16.8 Å². The zero-order chi connectivity index (χ0) is 20.1. The molecule has 2 heterocycles. The first-order valence-electron chi connectivity index (χ1n) is 9.69. The van der Waals surface area contributed by atoms with Gasteiger partial charge in [0.05, 0.1) is 22.8 Å². The lowest BCUT2D eigenvalue weighted by molar-refractivity contribution is 0.254. The van der Waals surface area contributed by atoms with Crippen LogP contribution in [0.2, 0.25) is 0 Å². The summed E-state index contributed by atoms with van der Waals surface area (Å²) in [5.41, 5.74) is 6.50. The van der Waals surface area contributed by atoms with Gasteiger partial charge in [-0.2, -0.15) is 0 Å². The number of aliphatic hydroxyl groups is 1. The molecule has 5 heteroatoms. The van der Waals surface area contributed by atoms with Gasteiger partial charge in [0.15, 0.2) is 0 Å². The minimum atomic E-state index is 0.0770. The van der Waals surface area contributed by atoms with Crippen molar-refractivity contribution < 1.29 is 5.11 Å². The highest BCUT2D eigenvalue weighted by Crippen LogP contribution is 2.32. The Morgan fingerprint density at radius 3 is 2.37 bits per heavy atom. The molecule has 0 spiro atoms. The average Bonchev–Trinajstić information content (AvgIpc) is 2.67. The summed E-state index contributed by atoms with van der Waals surface area (Å²) in [5, 5.41) is 12.9. The quantitative estimate of drug-likeness (QED) is 0.738. The lowest BCUT2D eigenvalue weighted by atomic mass is 9.92. The molecule has 0 unspecified atom stereocenters. The van der Waals surface area contributed by atoms with E-state index in [9.17, 15) is 5.11 Å².